The number of benzene rings is 3. The second-order valence-electron chi connectivity index (χ2n) is 8.50. The highest BCUT2D eigenvalue weighted by Gasteiger charge is 2.45. The third kappa shape index (κ3) is 8.11. The molecule has 7 nitrogen and oxygen atoms in total. The molecule has 0 radical (unpaired) electrons. The molecule has 0 saturated carbocycles. The van der Waals surface area contributed by atoms with Crippen LogP contribution >= 0.6 is 7.72 Å². The molecule has 0 aliphatic carbocycles. The van der Waals surface area contributed by atoms with Gasteiger partial charge in [0.25, 0.3) is 0 Å². The van der Waals surface area contributed by atoms with E-state index in [-0.39, 0.29) is 30.9 Å². The molecule has 3 rings (SSSR count). The number of aliphatic carboxylic acids is 1. The molecule has 2 unspecified atom stereocenters. The van der Waals surface area contributed by atoms with Crippen molar-refractivity contribution in [2.75, 3.05) is 6.16 Å². The van der Waals surface area contributed by atoms with Crippen molar-refractivity contribution in [1.29, 1.82) is 5.41 Å². The number of carbonyl (C=O) groups is 2. The first-order valence-corrected chi connectivity index (χ1v) is 13.2. The van der Waals surface area contributed by atoms with E-state index in [0.717, 1.165) is 16.7 Å². The molecule has 1 amide bonds. The van der Waals surface area contributed by atoms with Crippen molar-refractivity contribution in [2.24, 2.45) is 5.92 Å². The summed E-state index contributed by atoms with van der Waals surface area (Å²) >= 11 is 0. The molecule has 0 aliphatic heterocycles. The minimum Gasteiger partial charge on any atom is -0.480 e. The van der Waals surface area contributed by atoms with Crippen molar-refractivity contribution >= 4 is 25.0 Å². The Labute approximate surface area is 205 Å². The van der Waals surface area contributed by atoms with Crippen molar-refractivity contribution in [3.8, 4) is 0 Å². The fourth-order valence-corrected chi connectivity index (χ4v) is 5.38. The van der Waals surface area contributed by atoms with Crippen molar-refractivity contribution in [1.82, 2.24) is 5.32 Å². The smallest absolute Gasteiger partial charge is 0.326 e. The standard InChI is InChI=1S/C27H29N2O5P/c28-25(18-22-14-8-3-9-15-22)35(33,34)19-23(16-20-10-4-1-5-11-20)26(30)29-24(27(31)32)17-21-12-6-2-7-13-21/h1-15,23-24,28,33-34H,16-19H2,(H-,29,30,31,32)/p+1. The summed E-state index contributed by atoms with van der Waals surface area (Å²) in [6, 6.07) is 26.0. The first-order chi connectivity index (χ1) is 16.7. The van der Waals surface area contributed by atoms with Crippen LogP contribution in [0.5, 0.6) is 0 Å². The summed E-state index contributed by atoms with van der Waals surface area (Å²) in [6.07, 6.45) is 0.0122. The van der Waals surface area contributed by atoms with Crippen LogP contribution in [0.25, 0.3) is 0 Å². The van der Waals surface area contributed by atoms with Gasteiger partial charge in [0.2, 0.25) is 11.4 Å². The predicted octanol–water partition coefficient (Wildman–Crippen LogP) is 3.71. The summed E-state index contributed by atoms with van der Waals surface area (Å²) in [5.41, 5.74) is 2.10. The third-order valence-electron chi connectivity index (χ3n) is 5.71. The second kappa shape index (κ2) is 12.4. The molecule has 5 N–H and O–H groups in total. The maximum absolute atomic E-state index is 13.3. The highest BCUT2D eigenvalue weighted by atomic mass is 31.2. The summed E-state index contributed by atoms with van der Waals surface area (Å²) < 4.78 is 0. The molecule has 0 fully saturated rings. The largest absolute Gasteiger partial charge is 0.480 e. The van der Waals surface area contributed by atoms with E-state index in [2.05, 4.69) is 5.32 Å². The van der Waals surface area contributed by atoms with Crippen LogP contribution in [0.4, 0.5) is 0 Å². The fourth-order valence-electron chi connectivity index (χ4n) is 3.81. The van der Waals surface area contributed by atoms with Crippen LogP contribution in [0.2, 0.25) is 0 Å². The molecule has 0 aromatic heterocycles. The van der Waals surface area contributed by atoms with Gasteiger partial charge in [0.1, 0.15) is 12.2 Å². The van der Waals surface area contributed by atoms with Crippen LogP contribution in [0, 0.1) is 11.3 Å². The lowest BCUT2D eigenvalue weighted by Gasteiger charge is -2.22. The van der Waals surface area contributed by atoms with Crippen molar-refractivity contribution in [3.05, 3.63) is 108 Å². The summed E-state index contributed by atoms with van der Waals surface area (Å²) in [7, 11) is -3.90. The third-order valence-corrected chi connectivity index (χ3v) is 7.69. The maximum atomic E-state index is 13.3. The molecular weight excluding hydrogens is 463 g/mol. The topological polar surface area (TPSA) is 131 Å². The Morgan fingerprint density at radius 2 is 1.23 bits per heavy atom. The number of nitrogens with one attached hydrogen (secondary N) is 2. The Morgan fingerprint density at radius 1 is 0.771 bits per heavy atom. The zero-order valence-electron chi connectivity index (χ0n) is 19.2. The number of carbonyl (C=O) groups excluding carboxylic acids is 1. The molecule has 8 heteroatoms. The molecule has 0 aliphatic rings. The minimum absolute atomic E-state index is 0.0626. The number of amides is 1. The van der Waals surface area contributed by atoms with Gasteiger partial charge in [-0.25, -0.2) is 14.6 Å². The molecule has 0 saturated heterocycles. The molecule has 35 heavy (non-hydrogen) atoms. The van der Waals surface area contributed by atoms with Gasteiger partial charge in [-0.1, -0.05) is 91.0 Å². The van der Waals surface area contributed by atoms with Crippen LogP contribution in [0.3, 0.4) is 0 Å². The van der Waals surface area contributed by atoms with Gasteiger partial charge >= 0.3 is 13.7 Å². The molecule has 3 aromatic carbocycles. The van der Waals surface area contributed by atoms with Crippen LogP contribution in [-0.4, -0.2) is 44.4 Å². The van der Waals surface area contributed by atoms with E-state index in [1.54, 1.807) is 36.4 Å². The average Bonchev–Trinajstić information content (AvgIpc) is 2.85. The molecule has 3 aromatic rings. The second-order valence-corrected chi connectivity index (χ2v) is 10.9. The van der Waals surface area contributed by atoms with Gasteiger partial charge in [-0.05, 0) is 23.1 Å². The van der Waals surface area contributed by atoms with Crippen molar-refractivity contribution in [2.45, 2.75) is 25.3 Å². The minimum atomic E-state index is -3.90. The summed E-state index contributed by atoms with van der Waals surface area (Å²) in [6.45, 7) is 0. The van der Waals surface area contributed by atoms with Gasteiger partial charge in [-0.2, -0.15) is 0 Å². The lowest BCUT2D eigenvalue weighted by molar-refractivity contribution is -0.142. The first kappa shape index (κ1) is 26.2. The first-order valence-electron chi connectivity index (χ1n) is 11.3. The van der Waals surface area contributed by atoms with E-state index in [9.17, 15) is 24.5 Å². The highest BCUT2D eigenvalue weighted by molar-refractivity contribution is 7.81. The Kier molecular flexibility index (Phi) is 9.26. The van der Waals surface area contributed by atoms with E-state index in [1.807, 2.05) is 54.6 Å². The number of hydrogen-bond acceptors (Lipinski definition) is 5. The molecule has 0 bridgehead atoms. The normalized spacial score (nSPS) is 13.0. The van der Waals surface area contributed by atoms with Crippen LogP contribution in [0.1, 0.15) is 16.7 Å². The van der Waals surface area contributed by atoms with Gasteiger partial charge in [-0.15, -0.1) is 0 Å². The quantitative estimate of drug-likeness (QED) is 0.194. The van der Waals surface area contributed by atoms with E-state index < -0.39 is 31.6 Å². The van der Waals surface area contributed by atoms with E-state index in [1.165, 1.54) is 0 Å². The zero-order chi connectivity index (χ0) is 25.3. The Bertz CT molecular complexity index is 1120. The summed E-state index contributed by atoms with van der Waals surface area (Å²) in [5, 5.41) is 20.6. The van der Waals surface area contributed by atoms with Crippen molar-refractivity contribution < 1.29 is 24.5 Å². The Morgan fingerprint density at radius 3 is 1.71 bits per heavy atom. The van der Waals surface area contributed by atoms with Crippen LogP contribution in [-0.2, 0) is 28.9 Å². The molecule has 0 spiro atoms. The van der Waals surface area contributed by atoms with E-state index in [0.29, 0.717) is 0 Å². The fraction of sp³-hybridized carbons (Fsp3) is 0.222. The van der Waals surface area contributed by atoms with Crippen molar-refractivity contribution in [3.63, 3.8) is 0 Å². The molecular formula is C27H30N2O5P+. The highest BCUT2D eigenvalue weighted by Crippen LogP contribution is 2.53. The molecule has 2 atom stereocenters. The number of hydrogen-bond donors (Lipinski definition) is 5. The Hall–Kier alpha value is -3.38. The van der Waals surface area contributed by atoms with E-state index in [4.69, 9.17) is 5.41 Å². The van der Waals surface area contributed by atoms with E-state index >= 15 is 0 Å². The summed E-state index contributed by atoms with van der Waals surface area (Å²) in [4.78, 5) is 46.9. The lowest BCUT2D eigenvalue weighted by atomic mass is 9.99. The number of carboxylic acids is 1. The Balaban J connectivity index is 1.77. The van der Waals surface area contributed by atoms with Gasteiger partial charge in [-0.3, -0.25) is 10.2 Å². The monoisotopic (exact) mass is 493 g/mol. The zero-order valence-corrected chi connectivity index (χ0v) is 20.1. The number of rotatable bonds is 12. The predicted molar refractivity (Wildman–Crippen MR) is 137 cm³/mol. The van der Waals surface area contributed by atoms with Gasteiger partial charge in [0, 0.05) is 6.42 Å². The molecule has 182 valence electrons. The summed E-state index contributed by atoms with van der Waals surface area (Å²) in [5.74, 6) is -2.68. The number of carboxylic acid groups (broad SMARTS) is 1. The SMILES string of the molecule is N=C(Cc1ccccc1)[P+](O)(O)CC(Cc1ccccc1)C(=O)NC(Cc1ccccc1)C(=O)O. The average molecular weight is 494 g/mol. The lowest BCUT2D eigenvalue weighted by Crippen LogP contribution is -2.46. The molecule has 0 heterocycles. The van der Waals surface area contributed by atoms with Gasteiger partial charge in [0.15, 0.2) is 0 Å². The van der Waals surface area contributed by atoms with Crippen LogP contribution in [0.15, 0.2) is 91.0 Å². The van der Waals surface area contributed by atoms with Crippen LogP contribution < -0.4 is 5.32 Å². The van der Waals surface area contributed by atoms with Gasteiger partial charge < -0.3 is 10.4 Å². The van der Waals surface area contributed by atoms with Gasteiger partial charge in [0.05, 0.1) is 12.3 Å². The maximum Gasteiger partial charge on any atom is 0.326 e.